The number of benzene rings is 2. The molecule has 3 rings (SSSR count). The van der Waals surface area contributed by atoms with Crippen LogP contribution in [0.4, 0.5) is 18.9 Å². The van der Waals surface area contributed by atoms with E-state index in [-0.39, 0.29) is 36.1 Å². The van der Waals surface area contributed by atoms with Gasteiger partial charge < -0.3 is 4.90 Å². The number of nitrogens with zero attached hydrogens (tertiary/aromatic N) is 2. The molecule has 1 fully saturated rings. The molecule has 0 spiro atoms. The number of anilines is 1. The molecule has 0 unspecified atom stereocenters. The number of halogens is 5. The first kappa shape index (κ1) is 20.3. The Hall–Kier alpha value is -1.48. The fraction of sp³-hybridized carbons (Fsp3) is 0.294. The highest BCUT2D eigenvalue weighted by molar-refractivity contribution is 7.89. The molecule has 1 heterocycles. The fourth-order valence-corrected chi connectivity index (χ4v) is 5.06. The van der Waals surface area contributed by atoms with Gasteiger partial charge in [-0.3, -0.25) is 0 Å². The Kier molecular flexibility index (Phi) is 5.63. The lowest BCUT2D eigenvalue weighted by Gasteiger charge is -2.35. The summed E-state index contributed by atoms with van der Waals surface area (Å²) < 4.78 is 65.5. The molecule has 4 nitrogen and oxygen atoms in total. The zero-order chi connectivity index (χ0) is 19.8. The number of hydrogen-bond acceptors (Lipinski definition) is 3. The Balaban J connectivity index is 1.75. The molecule has 0 saturated carbocycles. The van der Waals surface area contributed by atoms with Crippen LogP contribution < -0.4 is 4.90 Å². The zero-order valence-electron chi connectivity index (χ0n) is 13.9. The van der Waals surface area contributed by atoms with Crippen LogP contribution in [0.15, 0.2) is 47.4 Å². The number of alkyl halides is 3. The second-order valence-electron chi connectivity index (χ2n) is 6.01. The van der Waals surface area contributed by atoms with Crippen molar-refractivity contribution in [3.8, 4) is 0 Å². The number of hydrogen-bond donors (Lipinski definition) is 0. The van der Waals surface area contributed by atoms with Gasteiger partial charge in [0, 0.05) is 36.9 Å². The van der Waals surface area contributed by atoms with Crippen molar-refractivity contribution in [3.05, 3.63) is 58.1 Å². The second kappa shape index (κ2) is 7.50. The van der Waals surface area contributed by atoms with Gasteiger partial charge in [0.05, 0.1) is 10.6 Å². The summed E-state index contributed by atoms with van der Waals surface area (Å²) in [5.41, 5.74) is -0.325. The van der Waals surface area contributed by atoms with Crippen LogP contribution in [0.3, 0.4) is 0 Å². The molecule has 0 amide bonds. The van der Waals surface area contributed by atoms with E-state index in [9.17, 15) is 21.6 Å². The molecular weight excluding hydrogens is 424 g/mol. The van der Waals surface area contributed by atoms with Gasteiger partial charge in [0.2, 0.25) is 10.0 Å². The summed E-state index contributed by atoms with van der Waals surface area (Å²) in [6.45, 7) is 0.812. The summed E-state index contributed by atoms with van der Waals surface area (Å²) >= 11 is 11.8. The van der Waals surface area contributed by atoms with Gasteiger partial charge >= 0.3 is 6.18 Å². The molecular formula is C17H15Cl2F3N2O2S. The molecule has 2 aromatic carbocycles. The number of sulfonamides is 1. The summed E-state index contributed by atoms with van der Waals surface area (Å²) in [6, 6.07) is 9.14. The average Bonchev–Trinajstić information content (AvgIpc) is 2.61. The van der Waals surface area contributed by atoms with E-state index >= 15 is 0 Å². The molecule has 27 heavy (non-hydrogen) atoms. The molecule has 1 aliphatic rings. The minimum Gasteiger partial charge on any atom is -0.369 e. The smallest absolute Gasteiger partial charge is 0.369 e. The molecule has 1 aliphatic heterocycles. The third kappa shape index (κ3) is 4.34. The van der Waals surface area contributed by atoms with Crippen molar-refractivity contribution in [2.75, 3.05) is 31.1 Å². The molecule has 0 bridgehead atoms. The van der Waals surface area contributed by atoms with Crippen LogP contribution >= 0.6 is 23.2 Å². The second-order valence-corrected chi connectivity index (χ2v) is 8.76. The Morgan fingerprint density at radius 3 is 2.19 bits per heavy atom. The predicted molar refractivity (Wildman–Crippen MR) is 98.9 cm³/mol. The third-order valence-corrected chi connectivity index (χ3v) is 6.91. The third-order valence-electron chi connectivity index (χ3n) is 4.29. The monoisotopic (exact) mass is 438 g/mol. The van der Waals surface area contributed by atoms with Gasteiger partial charge in [0.25, 0.3) is 0 Å². The first-order valence-corrected chi connectivity index (χ1v) is 10.2. The Morgan fingerprint density at radius 2 is 1.59 bits per heavy atom. The van der Waals surface area contributed by atoms with Gasteiger partial charge in [0.15, 0.2) is 0 Å². The van der Waals surface area contributed by atoms with Crippen LogP contribution in [-0.2, 0) is 16.2 Å². The van der Waals surface area contributed by atoms with Crippen LogP contribution in [-0.4, -0.2) is 38.9 Å². The SMILES string of the molecule is O=S(=O)(c1ccc(Cl)cc1Cl)N1CCN(c2cccc(C(F)(F)F)c2)CC1. The molecule has 0 N–H and O–H groups in total. The van der Waals surface area contributed by atoms with Gasteiger partial charge in [-0.15, -0.1) is 0 Å². The Bertz CT molecular complexity index is 943. The lowest BCUT2D eigenvalue weighted by atomic mass is 10.1. The Labute approximate surface area is 165 Å². The topological polar surface area (TPSA) is 40.6 Å². The van der Waals surface area contributed by atoms with E-state index in [1.54, 1.807) is 11.0 Å². The first-order valence-electron chi connectivity index (χ1n) is 7.96. The van der Waals surface area contributed by atoms with E-state index in [0.717, 1.165) is 12.1 Å². The highest BCUT2D eigenvalue weighted by atomic mass is 35.5. The molecule has 1 saturated heterocycles. The van der Waals surface area contributed by atoms with Crippen molar-refractivity contribution in [2.45, 2.75) is 11.1 Å². The largest absolute Gasteiger partial charge is 0.416 e. The summed E-state index contributed by atoms with van der Waals surface area (Å²) in [5, 5.41) is 0.358. The molecule has 0 atom stereocenters. The van der Waals surface area contributed by atoms with Gasteiger partial charge in [-0.1, -0.05) is 29.3 Å². The number of piperazine rings is 1. The maximum absolute atomic E-state index is 12.9. The van der Waals surface area contributed by atoms with Crippen LogP contribution in [0.1, 0.15) is 5.56 Å². The van der Waals surface area contributed by atoms with Crippen LogP contribution in [0, 0.1) is 0 Å². The van der Waals surface area contributed by atoms with Crippen LogP contribution in [0.5, 0.6) is 0 Å². The van der Waals surface area contributed by atoms with Crippen LogP contribution in [0.25, 0.3) is 0 Å². The van der Waals surface area contributed by atoms with E-state index in [0.29, 0.717) is 10.7 Å². The van der Waals surface area contributed by atoms with E-state index in [4.69, 9.17) is 23.2 Å². The minimum atomic E-state index is -4.42. The molecule has 2 aromatic rings. The van der Waals surface area contributed by atoms with Crippen molar-refractivity contribution in [3.63, 3.8) is 0 Å². The van der Waals surface area contributed by atoms with Gasteiger partial charge in [-0.05, 0) is 36.4 Å². The lowest BCUT2D eigenvalue weighted by Crippen LogP contribution is -2.48. The summed E-state index contributed by atoms with van der Waals surface area (Å²) in [7, 11) is -3.81. The average molecular weight is 439 g/mol. The van der Waals surface area contributed by atoms with Crippen molar-refractivity contribution < 1.29 is 21.6 Å². The predicted octanol–water partition coefficient (Wildman–Crippen LogP) is 4.52. The normalized spacial score (nSPS) is 16.6. The van der Waals surface area contributed by atoms with E-state index in [2.05, 4.69) is 0 Å². The van der Waals surface area contributed by atoms with Crippen molar-refractivity contribution in [1.29, 1.82) is 0 Å². The van der Waals surface area contributed by atoms with Gasteiger partial charge in [-0.2, -0.15) is 17.5 Å². The molecule has 0 aliphatic carbocycles. The van der Waals surface area contributed by atoms with E-state index in [1.165, 1.54) is 28.6 Å². The standard InChI is InChI=1S/C17H15Cl2F3N2O2S/c18-13-4-5-16(15(19)11-13)27(25,26)24-8-6-23(7-9-24)14-3-1-2-12(10-14)17(20,21)22/h1-5,10-11H,6-9H2. The van der Waals surface area contributed by atoms with Crippen molar-refractivity contribution in [1.82, 2.24) is 4.31 Å². The lowest BCUT2D eigenvalue weighted by molar-refractivity contribution is -0.137. The number of rotatable bonds is 3. The molecule has 10 heteroatoms. The minimum absolute atomic E-state index is 0.0304. The summed E-state index contributed by atoms with van der Waals surface area (Å²) in [6.07, 6.45) is -4.42. The maximum atomic E-state index is 12.9. The maximum Gasteiger partial charge on any atom is 0.416 e. The fourth-order valence-electron chi connectivity index (χ4n) is 2.89. The quantitative estimate of drug-likeness (QED) is 0.706. The van der Waals surface area contributed by atoms with Crippen LogP contribution in [0.2, 0.25) is 10.0 Å². The summed E-state index contributed by atoms with van der Waals surface area (Å²) in [5.74, 6) is 0. The zero-order valence-corrected chi connectivity index (χ0v) is 16.2. The van der Waals surface area contributed by atoms with E-state index < -0.39 is 21.8 Å². The van der Waals surface area contributed by atoms with Gasteiger partial charge in [0.1, 0.15) is 4.90 Å². The molecule has 146 valence electrons. The summed E-state index contributed by atoms with van der Waals surface area (Å²) in [4.78, 5) is 1.69. The molecule has 0 aromatic heterocycles. The highest BCUT2D eigenvalue weighted by Crippen LogP contribution is 2.32. The van der Waals surface area contributed by atoms with Crippen molar-refractivity contribution in [2.24, 2.45) is 0 Å². The highest BCUT2D eigenvalue weighted by Gasteiger charge is 2.33. The first-order chi connectivity index (χ1) is 12.6. The van der Waals surface area contributed by atoms with Gasteiger partial charge in [-0.25, -0.2) is 8.42 Å². The Morgan fingerprint density at radius 1 is 0.926 bits per heavy atom. The van der Waals surface area contributed by atoms with Crippen molar-refractivity contribution >= 4 is 38.9 Å². The molecule has 0 radical (unpaired) electrons. The van der Waals surface area contributed by atoms with E-state index in [1.807, 2.05) is 0 Å².